The number of amides is 4. The summed E-state index contributed by atoms with van der Waals surface area (Å²) in [5, 5.41) is 0. The van der Waals surface area contributed by atoms with Gasteiger partial charge in [-0.15, -0.1) is 0 Å². The molecule has 1 atom stereocenters. The van der Waals surface area contributed by atoms with E-state index in [0.717, 1.165) is 46.7 Å². The van der Waals surface area contributed by atoms with Crippen LogP contribution < -0.4 is 4.90 Å². The second kappa shape index (κ2) is 8.16. The number of rotatable bonds is 1. The van der Waals surface area contributed by atoms with Gasteiger partial charge in [-0.2, -0.15) is 0 Å². The summed E-state index contributed by atoms with van der Waals surface area (Å²) >= 11 is 0. The first-order valence-corrected chi connectivity index (χ1v) is 12.9. The van der Waals surface area contributed by atoms with Crippen molar-refractivity contribution in [3.63, 3.8) is 0 Å². The Bertz CT molecular complexity index is 1230. The van der Waals surface area contributed by atoms with Crippen LogP contribution in [0.5, 0.6) is 0 Å². The lowest BCUT2D eigenvalue weighted by Crippen LogP contribution is -2.70. The fraction of sp³-hybridized carbons (Fsp3) is 0.519. The van der Waals surface area contributed by atoms with Crippen LogP contribution in [0.3, 0.4) is 0 Å². The van der Waals surface area contributed by atoms with Crippen LogP contribution in [0, 0.1) is 5.41 Å². The number of carbonyl (C=O) groups is 5. The second-order valence-corrected chi connectivity index (χ2v) is 10.7. The average Bonchev–Trinajstić information content (AvgIpc) is 3.38. The first-order valence-electron chi connectivity index (χ1n) is 12.9. The highest BCUT2D eigenvalue weighted by Crippen LogP contribution is 2.49. The molecule has 0 radical (unpaired) electrons. The molecule has 1 unspecified atom stereocenters. The molecule has 0 N–H and O–H groups in total. The van der Waals surface area contributed by atoms with Crippen LogP contribution in [0.2, 0.25) is 0 Å². The molecule has 1 aromatic rings. The van der Waals surface area contributed by atoms with Gasteiger partial charge >= 0.3 is 18.0 Å². The van der Waals surface area contributed by atoms with Gasteiger partial charge in [-0.25, -0.2) is 14.4 Å². The molecule has 0 bridgehead atoms. The highest BCUT2D eigenvalue weighted by Gasteiger charge is 2.63. The van der Waals surface area contributed by atoms with Gasteiger partial charge in [0.2, 0.25) is 11.8 Å². The Morgan fingerprint density at radius 1 is 0.892 bits per heavy atom. The third-order valence-corrected chi connectivity index (χ3v) is 8.57. The fourth-order valence-electron chi connectivity index (χ4n) is 6.76. The first-order chi connectivity index (χ1) is 17.7. The zero-order valence-corrected chi connectivity index (χ0v) is 21.0. The second-order valence-electron chi connectivity index (χ2n) is 10.7. The van der Waals surface area contributed by atoms with E-state index in [0.29, 0.717) is 31.4 Å². The summed E-state index contributed by atoms with van der Waals surface area (Å²) in [4.78, 5) is 69.4. The van der Waals surface area contributed by atoms with E-state index in [4.69, 9.17) is 9.47 Å². The number of fused-ring (bicyclic) bond motifs is 4. The molecule has 10 nitrogen and oxygen atoms in total. The van der Waals surface area contributed by atoms with Crippen molar-refractivity contribution in [1.82, 2.24) is 9.80 Å². The topological polar surface area (TPSA) is 114 Å². The summed E-state index contributed by atoms with van der Waals surface area (Å²) in [7, 11) is 2.81. The van der Waals surface area contributed by atoms with E-state index in [1.54, 1.807) is 12.1 Å². The molecule has 194 valence electrons. The molecular weight excluding hydrogens is 478 g/mol. The Morgan fingerprint density at radius 3 is 2.19 bits per heavy atom. The Hall–Kier alpha value is -3.69. The van der Waals surface area contributed by atoms with Crippen molar-refractivity contribution in [2.45, 2.75) is 63.2 Å². The molecule has 4 heterocycles. The van der Waals surface area contributed by atoms with Gasteiger partial charge in [-0.05, 0) is 61.4 Å². The number of carbonyl (C=O) groups excluding carboxylic acids is 5. The van der Waals surface area contributed by atoms with Gasteiger partial charge < -0.3 is 14.4 Å². The summed E-state index contributed by atoms with van der Waals surface area (Å²) < 4.78 is 11.2. The van der Waals surface area contributed by atoms with Crippen LogP contribution in [0.1, 0.15) is 56.1 Å². The number of hydrogen-bond acceptors (Lipinski definition) is 8. The monoisotopic (exact) mass is 507 g/mol. The summed E-state index contributed by atoms with van der Waals surface area (Å²) in [5.74, 6) is -3.56. The highest BCUT2D eigenvalue weighted by atomic mass is 16.7. The average molecular weight is 508 g/mol. The molecule has 5 aliphatic rings. The Labute approximate surface area is 214 Å². The number of ether oxygens (including phenoxy) is 2. The van der Waals surface area contributed by atoms with Crippen LogP contribution in [0.25, 0.3) is 6.08 Å². The molecule has 1 saturated carbocycles. The Morgan fingerprint density at radius 2 is 1.54 bits per heavy atom. The molecule has 4 fully saturated rings. The maximum absolute atomic E-state index is 13.6. The SMILES string of the molecule is CN1C(=O)N(C)C(=O)C2(Cc3cc(C=C4C(=O)OC5(CCCCC5)OC4=O)ccc3N3CCCC32)C1=O. The summed E-state index contributed by atoms with van der Waals surface area (Å²) in [6.07, 6.45) is 6.73. The number of imide groups is 2. The number of esters is 2. The third-order valence-electron chi connectivity index (χ3n) is 8.57. The van der Waals surface area contributed by atoms with Crippen molar-refractivity contribution in [2.75, 3.05) is 25.5 Å². The van der Waals surface area contributed by atoms with E-state index in [1.165, 1.54) is 20.2 Å². The molecule has 6 rings (SSSR count). The van der Waals surface area contributed by atoms with Crippen molar-refractivity contribution in [1.29, 1.82) is 0 Å². The van der Waals surface area contributed by atoms with Crippen molar-refractivity contribution in [3.05, 3.63) is 34.9 Å². The van der Waals surface area contributed by atoms with Crippen molar-refractivity contribution in [3.8, 4) is 0 Å². The predicted molar refractivity (Wildman–Crippen MR) is 130 cm³/mol. The van der Waals surface area contributed by atoms with Gasteiger partial charge in [0, 0.05) is 39.2 Å². The molecular formula is C27H29N3O7. The quantitative estimate of drug-likeness (QED) is 0.246. The molecule has 4 amide bonds. The summed E-state index contributed by atoms with van der Waals surface area (Å²) in [6.45, 7) is 0.683. The Kier molecular flexibility index (Phi) is 5.22. The third kappa shape index (κ3) is 3.34. The lowest BCUT2D eigenvalue weighted by molar-refractivity contribution is -0.244. The van der Waals surface area contributed by atoms with Gasteiger partial charge in [0.15, 0.2) is 5.41 Å². The molecule has 1 aliphatic carbocycles. The minimum Gasteiger partial charge on any atom is -0.419 e. The number of urea groups is 1. The highest BCUT2D eigenvalue weighted by molar-refractivity contribution is 6.20. The molecule has 1 aromatic carbocycles. The largest absolute Gasteiger partial charge is 0.419 e. The number of benzene rings is 1. The van der Waals surface area contributed by atoms with E-state index in [1.807, 2.05) is 6.07 Å². The lowest BCUT2D eigenvalue weighted by atomic mass is 9.68. The molecule has 0 aromatic heterocycles. The van der Waals surface area contributed by atoms with Crippen LogP contribution >= 0.6 is 0 Å². The predicted octanol–water partition coefficient (Wildman–Crippen LogP) is 2.39. The van der Waals surface area contributed by atoms with Gasteiger partial charge in [0.25, 0.3) is 5.79 Å². The molecule has 10 heteroatoms. The maximum Gasteiger partial charge on any atom is 0.348 e. The van der Waals surface area contributed by atoms with Crippen LogP contribution in [-0.4, -0.2) is 72.1 Å². The standard InChI is InChI=1S/C27H29N3O7/c1-28-23(33)27(24(34)29(2)25(28)35)15-17-13-16(8-9-19(17)30-12-6-7-20(27)30)14-18-21(31)36-26(37-22(18)32)10-4-3-5-11-26/h8-9,13-14,20H,3-7,10-12,15H2,1-2H3. The molecule has 2 spiro atoms. The molecule has 4 aliphatic heterocycles. The Balaban J connectivity index is 1.37. The number of nitrogens with zero attached hydrogens (tertiary/aromatic N) is 3. The summed E-state index contributed by atoms with van der Waals surface area (Å²) in [6, 6.07) is 4.50. The van der Waals surface area contributed by atoms with E-state index in [-0.39, 0.29) is 18.0 Å². The number of anilines is 1. The van der Waals surface area contributed by atoms with Crippen molar-refractivity contribution < 1.29 is 33.4 Å². The first kappa shape index (κ1) is 23.7. The number of hydrogen-bond donors (Lipinski definition) is 0. The van der Waals surface area contributed by atoms with Crippen molar-refractivity contribution in [2.24, 2.45) is 5.41 Å². The maximum atomic E-state index is 13.6. The zero-order valence-electron chi connectivity index (χ0n) is 21.0. The van der Waals surface area contributed by atoms with Crippen LogP contribution in [-0.2, 0) is 35.1 Å². The minimum absolute atomic E-state index is 0.123. The minimum atomic E-state index is -1.41. The van der Waals surface area contributed by atoms with Crippen LogP contribution in [0.4, 0.5) is 10.5 Å². The number of barbiturate groups is 1. The lowest BCUT2D eigenvalue weighted by Gasteiger charge is -2.50. The zero-order chi connectivity index (χ0) is 26.1. The van der Waals surface area contributed by atoms with Gasteiger partial charge in [0.1, 0.15) is 5.57 Å². The summed E-state index contributed by atoms with van der Waals surface area (Å²) in [5.41, 5.74) is 0.613. The van der Waals surface area contributed by atoms with E-state index in [2.05, 4.69) is 4.90 Å². The van der Waals surface area contributed by atoms with Crippen LogP contribution in [0.15, 0.2) is 23.8 Å². The molecule has 37 heavy (non-hydrogen) atoms. The van der Waals surface area contributed by atoms with E-state index >= 15 is 0 Å². The van der Waals surface area contributed by atoms with Gasteiger partial charge in [-0.1, -0.05) is 12.5 Å². The fourth-order valence-corrected chi connectivity index (χ4v) is 6.76. The smallest absolute Gasteiger partial charge is 0.348 e. The van der Waals surface area contributed by atoms with E-state index in [9.17, 15) is 24.0 Å². The van der Waals surface area contributed by atoms with Crippen molar-refractivity contribution >= 4 is 41.5 Å². The van der Waals surface area contributed by atoms with Gasteiger partial charge in [0.05, 0.1) is 6.04 Å². The molecule has 3 saturated heterocycles. The normalized spacial score (nSPS) is 26.3. The van der Waals surface area contributed by atoms with Gasteiger partial charge in [-0.3, -0.25) is 19.4 Å². The van der Waals surface area contributed by atoms with E-state index < -0.39 is 41.0 Å².